The van der Waals surface area contributed by atoms with E-state index < -0.39 is 0 Å². The van der Waals surface area contributed by atoms with Gasteiger partial charge in [-0.2, -0.15) is 0 Å². The van der Waals surface area contributed by atoms with Crippen LogP contribution in [0.3, 0.4) is 0 Å². The van der Waals surface area contributed by atoms with Crippen molar-refractivity contribution < 1.29 is 9.84 Å². The van der Waals surface area contributed by atoms with E-state index >= 15 is 0 Å². The lowest BCUT2D eigenvalue weighted by atomic mass is 10.5. The van der Waals surface area contributed by atoms with Gasteiger partial charge in [-0.05, 0) is 0 Å². The fourth-order valence-electron chi connectivity index (χ4n) is 0.615. The van der Waals surface area contributed by atoms with Gasteiger partial charge < -0.3 is 15.6 Å². The molecule has 1 heterocycles. The third kappa shape index (κ3) is 1.19. The molecule has 0 aromatic carbocycles. The summed E-state index contributed by atoms with van der Waals surface area (Å²) in [6, 6.07) is 0. The number of aliphatic hydroxyl groups is 1. The van der Waals surface area contributed by atoms with Gasteiger partial charge in [0.2, 0.25) is 5.06 Å². The molecule has 56 valence electrons. The molecule has 0 amide bonds. The monoisotopic (exact) mass is 160 g/mol. The number of hydrogen-bond donors (Lipinski definition) is 2. The molecule has 1 rings (SSSR count). The maximum Gasteiger partial charge on any atom is 0.201 e. The van der Waals surface area contributed by atoms with Crippen LogP contribution in [0.1, 0.15) is 5.69 Å². The second-order valence-electron chi connectivity index (χ2n) is 1.65. The van der Waals surface area contributed by atoms with Gasteiger partial charge in [0.15, 0.2) is 5.13 Å². The average molecular weight is 160 g/mol. The Bertz CT molecular complexity index is 202. The molecule has 0 atom stereocenters. The summed E-state index contributed by atoms with van der Waals surface area (Å²) in [5, 5.41) is 9.67. The van der Waals surface area contributed by atoms with Crippen LogP contribution >= 0.6 is 11.3 Å². The van der Waals surface area contributed by atoms with Gasteiger partial charge in [0, 0.05) is 0 Å². The van der Waals surface area contributed by atoms with Gasteiger partial charge in [-0.25, -0.2) is 4.98 Å². The van der Waals surface area contributed by atoms with Crippen molar-refractivity contribution in [1.82, 2.24) is 4.98 Å². The summed E-state index contributed by atoms with van der Waals surface area (Å²) in [4.78, 5) is 3.82. The Morgan fingerprint density at radius 2 is 2.50 bits per heavy atom. The zero-order valence-corrected chi connectivity index (χ0v) is 6.31. The minimum atomic E-state index is -0.128. The van der Waals surface area contributed by atoms with E-state index in [0.717, 1.165) is 0 Å². The summed E-state index contributed by atoms with van der Waals surface area (Å²) in [5.74, 6) is 0. The fourth-order valence-corrected chi connectivity index (χ4v) is 1.27. The van der Waals surface area contributed by atoms with Crippen LogP contribution in [0.4, 0.5) is 5.13 Å². The molecule has 0 saturated carbocycles. The molecular formula is C5H8N2O2S. The number of thiazole rings is 1. The molecule has 1 aromatic heterocycles. The van der Waals surface area contributed by atoms with Crippen LogP contribution in [-0.4, -0.2) is 17.2 Å². The highest BCUT2D eigenvalue weighted by Gasteiger charge is 2.07. The summed E-state index contributed by atoms with van der Waals surface area (Å²) in [6.45, 7) is -0.128. The predicted octanol–water partition coefficient (Wildman–Crippen LogP) is 0.226. The second-order valence-corrected chi connectivity index (χ2v) is 2.64. The Labute approximate surface area is 62.3 Å². The first-order valence-corrected chi connectivity index (χ1v) is 3.49. The molecule has 0 bridgehead atoms. The number of aliphatic hydroxyl groups excluding tert-OH is 1. The van der Waals surface area contributed by atoms with E-state index in [1.165, 1.54) is 18.4 Å². The van der Waals surface area contributed by atoms with Crippen LogP contribution in [0.5, 0.6) is 5.06 Å². The minimum Gasteiger partial charge on any atom is -0.486 e. The molecule has 0 aliphatic rings. The molecule has 0 spiro atoms. The summed E-state index contributed by atoms with van der Waals surface area (Å²) in [5.41, 5.74) is 5.85. The lowest BCUT2D eigenvalue weighted by Crippen LogP contribution is -1.88. The molecule has 4 nitrogen and oxygen atoms in total. The van der Waals surface area contributed by atoms with Gasteiger partial charge in [-0.15, -0.1) is 0 Å². The third-order valence-electron chi connectivity index (χ3n) is 1.01. The molecule has 0 unspecified atom stereocenters. The molecule has 0 radical (unpaired) electrons. The lowest BCUT2D eigenvalue weighted by molar-refractivity contribution is 0.270. The first-order chi connectivity index (χ1) is 4.77. The highest BCUT2D eigenvalue weighted by Crippen LogP contribution is 2.27. The summed E-state index contributed by atoms with van der Waals surface area (Å²) < 4.78 is 4.87. The van der Waals surface area contributed by atoms with Gasteiger partial charge in [0.25, 0.3) is 0 Å². The molecule has 0 aliphatic carbocycles. The van der Waals surface area contributed by atoms with Crippen molar-refractivity contribution in [1.29, 1.82) is 0 Å². The quantitative estimate of drug-likeness (QED) is 0.649. The molecule has 10 heavy (non-hydrogen) atoms. The number of anilines is 1. The predicted molar refractivity (Wildman–Crippen MR) is 39.0 cm³/mol. The van der Waals surface area contributed by atoms with Gasteiger partial charge >= 0.3 is 0 Å². The number of nitrogens with two attached hydrogens (primary N) is 1. The van der Waals surface area contributed by atoms with E-state index in [1.54, 1.807) is 0 Å². The minimum absolute atomic E-state index is 0.128. The fraction of sp³-hybridized carbons (Fsp3) is 0.400. The van der Waals surface area contributed by atoms with Crippen molar-refractivity contribution >= 4 is 16.5 Å². The standard InChI is InChI=1S/C5H8N2O2S/c1-9-4-3(2-8)7-5(6)10-4/h8H,2H2,1H3,(H2,6,7). The van der Waals surface area contributed by atoms with E-state index in [1.807, 2.05) is 0 Å². The maximum absolute atomic E-state index is 8.67. The first kappa shape index (κ1) is 7.30. The van der Waals surface area contributed by atoms with E-state index in [9.17, 15) is 0 Å². The highest BCUT2D eigenvalue weighted by atomic mass is 32.1. The Morgan fingerprint density at radius 3 is 2.90 bits per heavy atom. The number of methoxy groups -OCH3 is 1. The van der Waals surface area contributed by atoms with Crippen LogP contribution < -0.4 is 10.5 Å². The van der Waals surface area contributed by atoms with Crippen molar-refractivity contribution in [3.8, 4) is 5.06 Å². The van der Waals surface area contributed by atoms with Gasteiger partial charge in [-0.1, -0.05) is 11.3 Å². The zero-order valence-electron chi connectivity index (χ0n) is 5.50. The second kappa shape index (κ2) is 2.85. The van der Waals surface area contributed by atoms with Crippen LogP contribution in [0.15, 0.2) is 0 Å². The number of nitrogen functional groups attached to an aromatic ring is 1. The largest absolute Gasteiger partial charge is 0.486 e. The van der Waals surface area contributed by atoms with Crippen molar-refractivity contribution in [3.05, 3.63) is 5.69 Å². The summed E-state index contributed by atoms with van der Waals surface area (Å²) in [6.07, 6.45) is 0. The molecule has 3 N–H and O–H groups in total. The van der Waals surface area contributed by atoms with E-state index in [4.69, 9.17) is 15.6 Å². The first-order valence-electron chi connectivity index (χ1n) is 2.68. The van der Waals surface area contributed by atoms with E-state index in [0.29, 0.717) is 15.9 Å². The number of hydrogen-bond acceptors (Lipinski definition) is 5. The van der Waals surface area contributed by atoms with E-state index in [-0.39, 0.29) is 6.61 Å². The average Bonchev–Trinajstić information content (AvgIpc) is 2.30. The van der Waals surface area contributed by atoms with Crippen LogP contribution in [-0.2, 0) is 6.61 Å². The smallest absolute Gasteiger partial charge is 0.201 e. The van der Waals surface area contributed by atoms with Crippen molar-refractivity contribution in [2.24, 2.45) is 0 Å². The Kier molecular flexibility index (Phi) is 2.08. The van der Waals surface area contributed by atoms with E-state index in [2.05, 4.69) is 4.98 Å². The van der Waals surface area contributed by atoms with Crippen LogP contribution in [0, 0.1) is 0 Å². The number of rotatable bonds is 2. The lowest BCUT2D eigenvalue weighted by Gasteiger charge is -1.93. The topological polar surface area (TPSA) is 68.4 Å². The van der Waals surface area contributed by atoms with Crippen molar-refractivity contribution in [2.45, 2.75) is 6.61 Å². The maximum atomic E-state index is 8.67. The number of aromatic nitrogens is 1. The van der Waals surface area contributed by atoms with Crippen LogP contribution in [0.25, 0.3) is 0 Å². The molecule has 0 saturated heterocycles. The summed E-state index contributed by atoms with van der Waals surface area (Å²) in [7, 11) is 1.52. The van der Waals surface area contributed by atoms with Crippen LogP contribution in [0.2, 0.25) is 0 Å². The number of ether oxygens (including phenoxy) is 1. The zero-order chi connectivity index (χ0) is 7.56. The Hall–Kier alpha value is -0.810. The van der Waals surface area contributed by atoms with Gasteiger partial charge in [0.05, 0.1) is 13.7 Å². The molecular weight excluding hydrogens is 152 g/mol. The van der Waals surface area contributed by atoms with Gasteiger partial charge in [0.1, 0.15) is 5.69 Å². The normalized spacial score (nSPS) is 9.80. The molecule has 5 heteroatoms. The number of nitrogens with zero attached hydrogens (tertiary/aromatic N) is 1. The molecule has 0 fully saturated rings. The van der Waals surface area contributed by atoms with Crippen molar-refractivity contribution in [2.75, 3.05) is 12.8 Å². The van der Waals surface area contributed by atoms with Crippen molar-refractivity contribution in [3.63, 3.8) is 0 Å². The Morgan fingerprint density at radius 1 is 1.80 bits per heavy atom. The molecule has 1 aromatic rings. The summed E-state index contributed by atoms with van der Waals surface area (Å²) >= 11 is 1.22. The third-order valence-corrected chi connectivity index (χ3v) is 1.90. The molecule has 0 aliphatic heterocycles. The Balaban J connectivity index is 2.96. The highest BCUT2D eigenvalue weighted by molar-refractivity contribution is 7.17. The SMILES string of the molecule is COc1sc(N)nc1CO. The van der Waals surface area contributed by atoms with Gasteiger partial charge in [-0.3, -0.25) is 0 Å².